The number of carbonyl (C=O) groups excluding carboxylic acids is 1. The molecule has 0 aromatic heterocycles. The SMILES string of the molecule is COC(=O)c1cc(Cl)ccc1NCCCOc1cc(Cl)ccc1Cl. The molecule has 0 saturated heterocycles. The van der Waals surface area contributed by atoms with Gasteiger partial charge in [0.25, 0.3) is 0 Å². The number of nitrogens with one attached hydrogen (secondary N) is 1. The van der Waals surface area contributed by atoms with Gasteiger partial charge in [-0.3, -0.25) is 0 Å². The van der Waals surface area contributed by atoms with E-state index in [4.69, 9.17) is 44.3 Å². The molecule has 0 heterocycles. The van der Waals surface area contributed by atoms with Gasteiger partial charge in [-0.05, 0) is 36.8 Å². The van der Waals surface area contributed by atoms with Gasteiger partial charge in [-0.2, -0.15) is 0 Å². The highest BCUT2D eigenvalue weighted by Gasteiger charge is 2.12. The highest BCUT2D eigenvalue weighted by molar-refractivity contribution is 6.34. The molecule has 0 atom stereocenters. The van der Waals surface area contributed by atoms with Crippen molar-refractivity contribution in [1.82, 2.24) is 0 Å². The monoisotopic (exact) mass is 387 g/mol. The summed E-state index contributed by atoms with van der Waals surface area (Å²) in [7, 11) is 1.33. The highest BCUT2D eigenvalue weighted by Crippen LogP contribution is 2.27. The second kappa shape index (κ2) is 9.02. The zero-order valence-electron chi connectivity index (χ0n) is 12.9. The second-order valence-corrected chi connectivity index (χ2v) is 6.17. The van der Waals surface area contributed by atoms with Crippen LogP contribution in [0.2, 0.25) is 15.1 Å². The number of ether oxygens (including phenoxy) is 2. The van der Waals surface area contributed by atoms with Crippen LogP contribution in [0.15, 0.2) is 36.4 Å². The maximum absolute atomic E-state index is 11.8. The molecular formula is C17H16Cl3NO3. The summed E-state index contributed by atoms with van der Waals surface area (Å²) in [6, 6.07) is 10.1. The van der Waals surface area contributed by atoms with Crippen LogP contribution in [0.1, 0.15) is 16.8 Å². The van der Waals surface area contributed by atoms with Crippen molar-refractivity contribution < 1.29 is 14.3 Å². The van der Waals surface area contributed by atoms with Crippen molar-refractivity contribution in [2.24, 2.45) is 0 Å². The lowest BCUT2D eigenvalue weighted by molar-refractivity contribution is 0.0602. The number of esters is 1. The van der Waals surface area contributed by atoms with Crippen LogP contribution in [0.5, 0.6) is 5.75 Å². The Labute approximate surface area is 155 Å². The number of halogens is 3. The molecule has 2 aromatic carbocycles. The first-order valence-electron chi connectivity index (χ1n) is 7.21. The molecule has 7 heteroatoms. The molecule has 0 aliphatic carbocycles. The average molecular weight is 389 g/mol. The molecule has 0 saturated carbocycles. The molecule has 128 valence electrons. The minimum absolute atomic E-state index is 0.392. The molecule has 0 amide bonds. The van der Waals surface area contributed by atoms with Crippen LogP contribution in [-0.4, -0.2) is 26.2 Å². The molecule has 2 aromatic rings. The maximum Gasteiger partial charge on any atom is 0.340 e. The third-order valence-electron chi connectivity index (χ3n) is 3.17. The van der Waals surface area contributed by atoms with E-state index >= 15 is 0 Å². The number of methoxy groups -OCH3 is 1. The van der Waals surface area contributed by atoms with E-state index in [2.05, 4.69) is 5.32 Å². The molecule has 0 aliphatic heterocycles. The molecule has 0 radical (unpaired) electrons. The van der Waals surface area contributed by atoms with E-state index in [-0.39, 0.29) is 0 Å². The standard InChI is InChI=1S/C17H16Cl3NO3/c1-23-17(22)13-9-11(18)4-6-15(13)21-7-2-8-24-16-10-12(19)3-5-14(16)20/h3-6,9-10,21H,2,7-8H2,1H3. The highest BCUT2D eigenvalue weighted by atomic mass is 35.5. The molecule has 2 rings (SSSR count). The minimum Gasteiger partial charge on any atom is -0.492 e. The van der Waals surface area contributed by atoms with Crippen LogP contribution in [0.4, 0.5) is 5.69 Å². The molecule has 0 aliphatic rings. The Morgan fingerprint density at radius 2 is 1.79 bits per heavy atom. The lowest BCUT2D eigenvalue weighted by atomic mass is 10.1. The van der Waals surface area contributed by atoms with Crippen molar-refractivity contribution in [2.75, 3.05) is 25.6 Å². The number of carbonyl (C=O) groups is 1. The van der Waals surface area contributed by atoms with Gasteiger partial charge in [0.05, 0.1) is 24.3 Å². The van der Waals surface area contributed by atoms with Gasteiger partial charge in [0.15, 0.2) is 0 Å². The fraction of sp³-hybridized carbons (Fsp3) is 0.235. The van der Waals surface area contributed by atoms with Gasteiger partial charge >= 0.3 is 5.97 Å². The maximum atomic E-state index is 11.8. The predicted octanol–water partition coefficient (Wildman–Crippen LogP) is 5.31. The first-order chi connectivity index (χ1) is 11.5. The van der Waals surface area contributed by atoms with E-state index in [0.29, 0.717) is 51.6 Å². The molecule has 0 fully saturated rings. The van der Waals surface area contributed by atoms with Gasteiger partial charge in [0.2, 0.25) is 0 Å². The summed E-state index contributed by atoms with van der Waals surface area (Å²) in [5.74, 6) is 0.105. The Hall–Kier alpha value is -1.62. The summed E-state index contributed by atoms with van der Waals surface area (Å²) < 4.78 is 10.4. The number of hydrogen-bond acceptors (Lipinski definition) is 4. The molecular weight excluding hydrogens is 373 g/mol. The molecule has 4 nitrogen and oxygen atoms in total. The zero-order valence-corrected chi connectivity index (χ0v) is 15.2. The van der Waals surface area contributed by atoms with Crippen molar-refractivity contribution in [1.29, 1.82) is 0 Å². The summed E-state index contributed by atoms with van der Waals surface area (Å²) >= 11 is 17.9. The number of rotatable bonds is 7. The molecule has 0 spiro atoms. The van der Waals surface area contributed by atoms with E-state index in [9.17, 15) is 4.79 Å². The van der Waals surface area contributed by atoms with Gasteiger partial charge in [0.1, 0.15) is 5.75 Å². The van der Waals surface area contributed by atoms with Crippen molar-refractivity contribution >= 4 is 46.5 Å². The van der Waals surface area contributed by atoms with Crippen LogP contribution in [0.25, 0.3) is 0 Å². The lowest BCUT2D eigenvalue weighted by Gasteiger charge is -2.12. The fourth-order valence-electron chi connectivity index (χ4n) is 2.01. The van der Waals surface area contributed by atoms with Crippen LogP contribution in [-0.2, 0) is 4.74 Å². The normalized spacial score (nSPS) is 10.3. The quantitative estimate of drug-likeness (QED) is 0.515. The average Bonchev–Trinajstić information content (AvgIpc) is 2.57. The van der Waals surface area contributed by atoms with Crippen LogP contribution < -0.4 is 10.1 Å². The summed E-state index contributed by atoms with van der Waals surface area (Å²) in [5.41, 5.74) is 1.05. The van der Waals surface area contributed by atoms with Crippen molar-refractivity contribution in [2.45, 2.75) is 6.42 Å². The first-order valence-corrected chi connectivity index (χ1v) is 8.34. The Bertz CT molecular complexity index is 722. The number of hydrogen-bond donors (Lipinski definition) is 1. The van der Waals surface area contributed by atoms with Gasteiger partial charge in [-0.25, -0.2) is 4.79 Å². The Kier molecular flexibility index (Phi) is 7.03. The summed E-state index contributed by atoms with van der Waals surface area (Å²) in [6.45, 7) is 1.05. The third kappa shape index (κ3) is 5.20. The minimum atomic E-state index is -0.443. The van der Waals surface area contributed by atoms with Crippen LogP contribution in [0.3, 0.4) is 0 Å². The molecule has 0 bridgehead atoms. The largest absolute Gasteiger partial charge is 0.492 e. The topological polar surface area (TPSA) is 47.6 Å². The fourth-order valence-corrected chi connectivity index (χ4v) is 2.52. The number of anilines is 1. The van der Waals surface area contributed by atoms with Gasteiger partial charge in [-0.1, -0.05) is 34.8 Å². The van der Waals surface area contributed by atoms with E-state index in [0.717, 1.165) is 0 Å². The Morgan fingerprint density at radius 1 is 1.08 bits per heavy atom. The zero-order chi connectivity index (χ0) is 17.5. The van der Waals surface area contributed by atoms with Crippen molar-refractivity contribution in [3.05, 3.63) is 57.0 Å². The van der Waals surface area contributed by atoms with Crippen LogP contribution >= 0.6 is 34.8 Å². The van der Waals surface area contributed by atoms with E-state index in [1.807, 2.05) is 0 Å². The third-order valence-corrected chi connectivity index (χ3v) is 3.96. The smallest absolute Gasteiger partial charge is 0.340 e. The summed E-state index contributed by atoms with van der Waals surface area (Å²) in [6.07, 6.45) is 0.700. The predicted molar refractivity (Wildman–Crippen MR) is 97.9 cm³/mol. The Morgan fingerprint density at radius 3 is 2.54 bits per heavy atom. The van der Waals surface area contributed by atoms with Crippen molar-refractivity contribution in [3.8, 4) is 5.75 Å². The summed E-state index contributed by atoms with van der Waals surface area (Å²) in [4.78, 5) is 11.8. The van der Waals surface area contributed by atoms with Crippen molar-refractivity contribution in [3.63, 3.8) is 0 Å². The van der Waals surface area contributed by atoms with E-state index in [1.165, 1.54) is 7.11 Å². The Balaban J connectivity index is 1.86. The summed E-state index contributed by atoms with van der Waals surface area (Å²) in [5, 5.41) is 4.72. The van der Waals surface area contributed by atoms with Crippen LogP contribution in [0, 0.1) is 0 Å². The number of benzene rings is 2. The first kappa shape index (κ1) is 18.7. The molecule has 24 heavy (non-hydrogen) atoms. The van der Waals surface area contributed by atoms with Gasteiger partial charge in [-0.15, -0.1) is 0 Å². The van der Waals surface area contributed by atoms with Gasteiger partial charge < -0.3 is 14.8 Å². The molecule has 0 unspecified atom stereocenters. The molecule has 1 N–H and O–H groups in total. The lowest BCUT2D eigenvalue weighted by Crippen LogP contribution is -2.11. The van der Waals surface area contributed by atoms with E-state index in [1.54, 1.807) is 36.4 Å². The van der Waals surface area contributed by atoms with E-state index < -0.39 is 5.97 Å². The van der Waals surface area contributed by atoms with Gasteiger partial charge in [0, 0.05) is 28.3 Å². The second-order valence-electron chi connectivity index (χ2n) is 4.89.